The Morgan fingerprint density at radius 3 is 2.50 bits per heavy atom. The number of rotatable bonds is 6. The number of carboxylic acids is 1. The number of allylic oxidation sites excluding steroid dienone is 2. The van der Waals surface area contributed by atoms with Crippen LogP contribution in [0.2, 0.25) is 0 Å². The second-order valence-corrected chi connectivity index (χ2v) is 12.3. The molecule has 3 saturated carbocycles. The number of oxime groups is 1. The fourth-order valence-electron chi connectivity index (χ4n) is 7.79. The molecule has 4 aliphatic rings. The third-order valence-corrected chi connectivity index (χ3v) is 10.2. The van der Waals surface area contributed by atoms with Crippen molar-refractivity contribution in [3.8, 4) is 0 Å². The van der Waals surface area contributed by atoms with Gasteiger partial charge < -0.3 is 20.4 Å². The van der Waals surface area contributed by atoms with Gasteiger partial charge in [-0.1, -0.05) is 38.4 Å². The number of aliphatic carboxylic acids is 1. The van der Waals surface area contributed by atoms with Gasteiger partial charge in [0.1, 0.15) is 6.04 Å². The number of aliphatic hydroxyl groups is 1. The van der Waals surface area contributed by atoms with Gasteiger partial charge in [0.15, 0.2) is 6.61 Å². The van der Waals surface area contributed by atoms with Gasteiger partial charge in [-0.05, 0) is 98.9 Å². The fraction of sp³-hybridized carbons (Fsp3) is 0.815. The van der Waals surface area contributed by atoms with Crippen LogP contribution in [0.4, 0.5) is 0 Å². The number of hydrogen-bond donors (Lipinski definition) is 3. The lowest BCUT2D eigenvalue weighted by Crippen LogP contribution is -2.53. The van der Waals surface area contributed by atoms with Crippen molar-refractivity contribution in [1.29, 1.82) is 0 Å². The summed E-state index contributed by atoms with van der Waals surface area (Å²) in [5, 5.41) is 27.0. The molecule has 0 bridgehead atoms. The van der Waals surface area contributed by atoms with Crippen molar-refractivity contribution in [3.05, 3.63) is 11.6 Å². The first-order valence-corrected chi connectivity index (χ1v) is 13.0. The van der Waals surface area contributed by atoms with Crippen LogP contribution in [-0.2, 0) is 14.4 Å². The second-order valence-electron chi connectivity index (χ2n) is 12.3. The standard InChI is InChI=1S/C27H42N2O5/c1-16(2)23(24(31)32)28-22(30)15-34-29-18-8-11-25(3)17(14-18)6-7-19-20(25)9-12-26(4)21(19)10-13-27(26,5)33/h14,16,19-21,23,33H,6-13,15H2,1-5H3,(H,28,30)(H,31,32)/b29-18+/t19-,20?,21?,23?,25+,26+,27+/m0/s1. The number of nitrogens with one attached hydrogen (secondary N) is 1. The highest BCUT2D eigenvalue weighted by atomic mass is 16.6. The van der Waals surface area contributed by atoms with E-state index in [0.717, 1.165) is 44.2 Å². The highest BCUT2D eigenvalue weighted by molar-refractivity contribution is 5.96. The lowest BCUT2D eigenvalue weighted by atomic mass is 9.46. The number of nitrogens with zero attached hydrogens (tertiary/aromatic N) is 1. The largest absolute Gasteiger partial charge is 0.480 e. The summed E-state index contributed by atoms with van der Waals surface area (Å²) < 4.78 is 0. The van der Waals surface area contributed by atoms with Crippen LogP contribution in [0.3, 0.4) is 0 Å². The van der Waals surface area contributed by atoms with Crippen molar-refractivity contribution < 1.29 is 24.6 Å². The first-order chi connectivity index (χ1) is 15.9. The molecule has 0 radical (unpaired) electrons. The number of hydrogen-bond acceptors (Lipinski definition) is 5. The zero-order chi connectivity index (χ0) is 24.9. The summed E-state index contributed by atoms with van der Waals surface area (Å²) in [7, 11) is 0. The molecule has 190 valence electrons. The van der Waals surface area contributed by atoms with E-state index < -0.39 is 23.5 Å². The SMILES string of the molecule is CC(C)C(NC(=O)CO/N=C1/C=C2CC[C@H]3C(CC[C@]4(C)C3CC[C@@]4(C)O)[C@]2(C)CC1)C(=O)O. The van der Waals surface area contributed by atoms with E-state index >= 15 is 0 Å². The van der Waals surface area contributed by atoms with E-state index in [1.807, 2.05) is 0 Å². The van der Waals surface area contributed by atoms with Gasteiger partial charge >= 0.3 is 5.97 Å². The summed E-state index contributed by atoms with van der Waals surface area (Å²) >= 11 is 0. The Bertz CT molecular complexity index is 893. The Labute approximate surface area is 203 Å². The first kappa shape index (κ1) is 25.2. The smallest absolute Gasteiger partial charge is 0.326 e. The third kappa shape index (κ3) is 4.18. The van der Waals surface area contributed by atoms with Crippen molar-refractivity contribution in [1.82, 2.24) is 5.32 Å². The zero-order valence-electron chi connectivity index (χ0n) is 21.4. The van der Waals surface area contributed by atoms with Crippen molar-refractivity contribution >= 4 is 17.6 Å². The van der Waals surface area contributed by atoms with E-state index in [-0.39, 0.29) is 23.4 Å². The quantitative estimate of drug-likeness (QED) is 0.498. The number of carbonyl (C=O) groups is 2. The molecule has 0 aromatic rings. The Morgan fingerprint density at radius 1 is 1.12 bits per heavy atom. The number of amides is 1. The first-order valence-electron chi connectivity index (χ1n) is 13.0. The molecule has 3 fully saturated rings. The molecule has 4 aliphatic carbocycles. The number of carboxylic acid groups (broad SMARTS) is 1. The van der Waals surface area contributed by atoms with E-state index in [4.69, 9.17) is 4.84 Å². The molecule has 0 heterocycles. The van der Waals surface area contributed by atoms with Gasteiger partial charge in [0.05, 0.1) is 11.3 Å². The van der Waals surface area contributed by atoms with E-state index in [1.54, 1.807) is 13.8 Å². The minimum Gasteiger partial charge on any atom is -0.480 e. The summed E-state index contributed by atoms with van der Waals surface area (Å²) in [4.78, 5) is 28.7. The normalized spacial score (nSPS) is 41.2. The van der Waals surface area contributed by atoms with Crippen molar-refractivity contribution in [3.63, 3.8) is 0 Å². The van der Waals surface area contributed by atoms with Gasteiger partial charge in [-0.25, -0.2) is 4.79 Å². The summed E-state index contributed by atoms with van der Waals surface area (Å²) in [6, 6.07) is -0.933. The van der Waals surface area contributed by atoms with Crippen LogP contribution in [0.1, 0.15) is 86.0 Å². The van der Waals surface area contributed by atoms with Gasteiger partial charge in [-0.15, -0.1) is 0 Å². The minimum absolute atomic E-state index is 0.0384. The predicted octanol–water partition coefficient (Wildman–Crippen LogP) is 4.30. The van der Waals surface area contributed by atoms with E-state index in [1.165, 1.54) is 18.4 Å². The summed E-state index contributed by atoms with van der Waals surface area (Å²) in [6.45, 7) is 10.0. The molecule has 7 atom stereocenters. The number of carbonyl (C=O) groups excluding carboxylic acids is 1. The Hall–Kier alpha value is -1.89. The van der Waals surface area contributed by atoms with Crippen LogP contribution in [-0.4, -0.2) is 46.1 Å². The Balaban J connectivity index is 1.40. The van der Waals surface area contributed by atoms with E-state index in [9.17, 15) is 19.8 Å². The molecule has 3 unspecified atom stereocenters. The Morgan fingerprint density at radius 2 is 1.82 bits per heavy atom. The molecule has 0 aromatic heterocycles. The van der Waals surface area contributed by atoms with Crippen LogP contribution < -0.4 is 5.32 Å². The molecule has 7 heteroatoms. The maximum atomic E-state index is 12.1. The molecule has 0 aliphatic heterocycles. The monoisotopic (exact) mass is 474 g/mol. The van der Waals surface area contributed by atoms with Crippen LogP contribution >= 0.6 is 0 Å². The molecular formula is C27H42N2O5. The van der Waals surface area contributed by atoms with Crippen molar-refractivity contribution in [2.24, 2.45) is 39.7 Å². The van der Waals surface area contributed by atoms with Crippen molar-refractivity contribution in [2.45, 2.75) is 97.6 Å². The molecule has 1 amide bonds. The van der Waals surface area contributed by atoms with Gasteiger partial charge in [0, 0.05) is 0 Å². The lowest BCUT2D eigenvalue weighted by Gasteiger charge is -2.59. The highest BCUT2D eigenvalue weighted by Gasteiger charge is 2.62. The summed E-state index contributed by atoms with van der Waals surface area (Å²) in [6.07, 6.45) is 10.6. The average Bonchev–Trinajstić information content (AvgIpc) is 3.00. The molecular weight excluding hydrogens is 432 g/mol. The predicted molar refractivity (Wildman–Crippen MR) is 130 cm³/mol. The fourth-order valence-corrected chi connectivity index (χ4v) is 7.79. The molecule has 3 N–H and O–H groups in total. The molecule has 0 aromatic carbocycles. The topological polar surface area (TPSA) is 108 Å². The second kappa shape index (κ2) is 8.96. The molecule has 0 spiro atoms. The highest BCUT2D eigenvalue weighted by Crippen LogP contribution is 2.67. The van der Waals surface area contributed by atoms with E-state index in [2.05, 4.69) is 37.3 Å². The molecule has 4 rings (SSSR count). The minimum atomic E-state index is -1.05. The maximum Gasteiger partial charge on any atom is 0.326 e. The van der Waals surface area contributed by atoms with Crippen LogP contribution in [0.5, 0.6) is 0 Å². The van der Waals surface area contributed by atoms with Crippen molar-refractivity contribution in [2.75, 3.05) is 6.61 Å². The van der Waals surface area contributed by atoms with Gasteiger partial charge in [0.2, 0.25) is 0 Å². The lowest BCUT2D eigenvalue weighted by molar-refractivity contribution is -0.143. The third-order valence-electron chi connectivity index (χ3n) is 10.2. The summed E-state index contributed by atoms with van der Waals surface area (Å²) in [5.41, 5.74) is 1.97. The summed E-state index contributed by atoms with van der Waals surface area (Å²) in [5.74, 6) is 0.199. The van der Waals surface area contributed by atoms with Crippen LogP contribution in [0, 0.1) is 34.5 Å². The zero-order valence-corrected chi connectivity index (χ0v) is 21.4. The van der Waals surface area contributed by atoms with Gasteiger partial charge in [-0.2, -0.15) is 0 Å². The Kier molecular flexibility index (Phi) is 6.64. The van der Waals surface area contributed by atoms with Crippen LogP contribution in [0.25, 0.3) is 0 Å². The number of fused-ring (bicyclic) bond motifs is 5. The molecule has 7 nitrogen and oxygen atoms in total. The van der Waals surface area contributed by atoms with Gasteiger partial charge in [0.25, 0.3) is 5.91 Å². The van der Waals surface area contributed by atoms with Crippen LogP contribution in [0.15, 0.2) is 16.8 Å². The molecule has 34 heavy (non-hydrogen) atoms. The molecule has 0 saturated heterocycles. The maximum absolute atomic E-state index is 12.1. The van der Waals surface area contributed by atoms with Gasteiger partial charge in [-0.3, -0.25) is 4.79 Å². The average molecular weight is 475 g/mol. The van der Waals surface area contributed by atoms with E-state index in [0.29, 0.717) is 17.8 Å².